The highest BCUT2D eigenvalue weighted by atomic mass is 28.3. The van der Waals surface area contributed by atoms with Gasteiger partial charge in [0.15, 0.2) is 39.1 Å². The summed E-state index contributed by atoms with van der Waals surface area (Å²) in [4.78, 5) is 4.84. The lowest BCUT2D eigenvalue weighted by molar-refractivity contribution is 0.477. The minimum absolute atomic E-state index is 0.831. The summed E-state index contributed by atoms with van der Waals surface area (Å²) >= 11 is 0. The van der Waals surface area contributed by atoms with Crippen molar-refractivity contribution in [3.63, 3.8) is 0 Å². The lowest BCUT2D eigenvalue weighted by Crippen LogP contribution is -2.72. The highest BCUT2D eigenvalue weighted by Gasteiger charge is 2.51. The van der Waals surface area contributed by atoms with Gasteiger partial charge in [-0.3, -0.25) is 0 Å². The number of benzene rings is 12. The second-order valence-electron chi connectivity index (χ2n) is 20.3. The number of rotatable bonds is 6. The van der Waals surface area contributed by atoms with Gasteiger partial charge in [0.2, 0.25) is 0 Å². The van der Waals surface area contributed by atoms with Crippen LogP contribution < -0.4 is 60.8 Å². The van der Waals surface area contributed by atoms with Crippen molar-refractivity contribution in [1.82, 2.24) is 0 Å². The summed E-state index contributed by atoms with van der Waals surface area (Å²) in [6.45, 7) is 0. The van der Waals surface area contributed by atoms with Crippen LogP contribution in [0.1, 0.15) is 0 Å². The van der Waals surface area contributed by atoms with Gasteiger partial charge >= 0.3 is 0 Å². The monoisotopic (exact) mass is 1000 g/mol. The molecule has 76 heavy (non-hydrogen) atoms. The van der Waals surface area contributed by atoms with Crippen molar-refractivity contribution >= 4 is 103 Å². The molecular weight excluding hydrogens is 957 g/mol. The maximum atomic E-state index is 6.95. The van der Waals surface area contributed by atoms with E-state index in [0.29, 0.717) is 0 Å². The molecule has 0 spiro atoms. The van der Waals surface area contributed by atoms with E-state index in [2.05, 4.69) is 289 Å². The van der Waals surface area contributed by atoms with Gasteiger partial charge < -0.3 is 19.3 Å². The van der Waals surface area contributed by atoms with Gasteiger partial charge in [0.05, 0.1) is 22.7 Å². The highest BCUT2D eigenvalue weighted by Crippen LogP contribution is 2.54. The van der Waals surface area contributed by atoms with E-state index in [1.165, 1.54) is 63.7 Å². The predicted octanol–water partition coefficient (Wildman–Crippen LogP) is 12.7. The zero-order valence-electron chi connectivity index (χ0n) is 41.3. The minimum atomic E-state index is -2.78. The summed E-state index contributed by atoms with van der Waals surface area (Å²) in [6, 6.07) is 103. The minimum Gasteiger partial charge on any atom is -0.453 e. The number of fused-ring (bicyclic) bond motifs is 11. The van der Waals surface area contributed by atoms with Crippen LogP contribution in [0.15, 0.2) is 279 Å². The molecule has 356 valence electrons. The average molecular weight is 1000 g/mol. The Morgan fingerprint density at radius 1 is 0.237 bits per heavy atom. The van der Waals surface area contributed by atoms with Crippen molar-refractivity contribution < 1.29 is 9.47 Å². The van der Waals surface area contributed by atoms with Crippen LogP contribution in [0, 0.1) is 0 Å². The summed E-state index contributed by atoms with van der Waals surface area (Å²) in [6.07, 6.45) is 0. The molecule has 12 aromatic rings. The number of ether oxygens (including phenoxy) is 2. The number of anilines is 6. The third-order valence-corrected chi connectivity index (χ3v) is 26.3. The number of hydrogen-bond donors (Lipinski definition) is 0. The van der Waals surface area contributed by atoms with Crippen molar-refractivity contribution in [1.29, 1.82) is 0 Å². The molecule has 0 amide bonds. The number of para-hydroxylation sites is 4. The Morgan fingerprint density at radius 2 is 0.579 bits per heavy atom. The van der Waals surface area contributed by atoms with Gasteiger partial charge in [-0.15, -0.1) is 0 Å². The molecule has 0 saturated heterocycles. The van der Waals surface area contributed by atoms with Gasteiger partial charge in [0.1, 0.15) is 0 Å². The Balaban J connectivity index is 0.861. The van der Waals surface area contributed by atoms with Gasteiger partial charge in [-0.25, -0.2) is 0 Å². The lowest BCUT2D eigenvalue weighted by Gasteiger charge is -2.36. The van der Waals surface area contributed by atoms with E-state index < -0.39 is 16.1 Å². The van der Waals surface area contributed by atoms with Crippen molar-refractivity contribution in [2.24, 2.45) is 0 Å². The van der Waals surface area contributed by atoms with E-state index in [9.17, 15) is 0 Å². The molecule has 0 aliphatic carbocycles. The first kappa shape index (κ1) is 43.0. The number of hydrogen-bond acceptors (Lipinski definition) is 4. The Labute approximate surface area is 443 Å². The Bertz CT molecular complexity index is 3960. The fraction of sp³-hybridized carbons (Fsp3) is 0. The van der Waals surface area contributed by atoms with Crippen molar-refractivity contribution in [2.45, 2.75) is 0 Å². The van der Waals surface area contributed by atoms with Crippen molar-refractivity contribution in [2.75, 3.05) is 9.80 Å². The average Bonchev–Trinajstić information content (AvgIpc) is 4.00. The predicted molar refractivity (Wildman–Crippen MR) is 319 cm³/mol. The van der Waals surface area contributed by atoms with Gasteiger partial charge in [-0.2, -0.15) is 0 Å². The fourth-order valence-corrected chi connectivity index (χ4v) is 23.8. The van der Waals surface area contributed by atoms with Crippen LogP contribution in [-0.2, 0) is 0 Å². The molecule has 0 atom stereocenters. The summed E-state index contributed by atoms with van der Waals surface area (Å²) in [5.41, 5.74) is 11.3. The summed E-state index contributed by atoms with van der Waals surface area (Å²) in [5, 5.41) is 13.3. The largest absolute Gasteiger partial charge is 0.453 e. The van der Waals surface area contributed by atoms with Crippen LogP contribution in [0.2, 0.25) is 0 Å². The normalized spacial score (nSPS) is 14.4. The second kappa shape index (κ2) is 16.5. The maximum absolute atomic E-state index is 6.95. The van der Waals surface area contributed by atoms with Crippen molar-refractivity contribution in [3.8, 4) is 45.3 Å². The molecule has 0 saturated carbocycles. The molecule has 0 N–H and O–H groups in total. The third kappa shape index (κ3) is 5.99. The first-order chi connectivity index (χ1) is 37.7. The Kier molecular flexibility index (Phi) is 9.34. The molecule has 4 aliphatic rings. The van der Waals surface area contributed by atoms with E-state index in [1.807, 2.05) is 0 Å². The van der Waals surface area contributed by atoms with Gasteiger partial charge in [0, 0.05) is 11.4 Å². The molecule has 0 unspecified atom stereocenters. The van der Waals surface area contributed by atoms with Crippen LogP contribution in [-0.4, -0.2) is 16.1 Å². The summed E-state index contributed by atoms with van der Waals surface area (Å²) in [5.74, 6) is 3.35. The van der Waals surface area contributed by atoms with Crippen LogP contribution in [0.4, 0.5) is 34.1 Å². The SMILES string of the molecule is c1ccc([Si]2(c3ccccc3)c3ccccc3-c3cc4c(cc32)N(c2ccc3cc(N5c6ccccc6Oc6cc7c(cc65)[Si](c5ccccc5)(c5ccccc5)c5ccccc5-7)ccc3c2)c2ccccc2O4)cc1. The topological polar surface area (TPSA) is 24.9 Å². The van der Waals surface area contributed by atoms with Crippen LogP contribution >= 0.6 is 0 Å². The molecule has 12 aromatic carbocycles. The van der Waals surface area contributed by atoms with E-state index in [4.69, 9.17) is 9.47 Å². The third-order valence-electron chi connectivity index (χ3n) is 16.5. The lowest BCUT2D eigenvalue weighted by atomic mass is 10.0. The number of nitrogens with zero attached hydrogens (tertiary/aromatic N) is 2. The fourth-order valence-electron chi connectivity index (χ4n) is 13.4. The molecule has 0 fully saturated rings. The highest BCUT2D eigenvalue weighted by molar-refractivity contribution is 7.23. The van der Waals surface area contributed by atoms with Gasteiger partial charge in [-0.05, 0) is 147 Å². The van der Waals surface area contributed by atoms with Crippen LogP contribution in [0.25, 0.3) is 33.0 Å². The Hall–Kier alpha value is -9.47. The zero-order valence-corrected chi connectivity index (χ0v) is 43.3. The first-order valence-electron chi connectivity index (χ1n) is 26.1. The van der Waals surface area contributed by atoms with Crippen LogP contribution in [0.5, 0.6) is 23.0 Å². The van der Waals surface area contributed by atoms with Crippen LogP contribution in [0.3, 0.4) is 0 Å². The second-order valence-corrected chi connectivity index (χ2v) is 27.8. The standard InChI is InChI=1S/C70H46N2O2Si2/c1-5-21-51(22-6-1)75(52-23-7-2-8-24-52)67-35-19-13-29-55(67)57-43-65-61(45-69(57)75)71(59-31-15-17-33-63(59)73-65)49-39-37-48-42-50(40-38-47(48)41-49)72-60-32-16-18-34-64(60)74-66-44-58-56-30-14-20-36-68(56)76(70(58)46-62(66)72,53-25-9-3-10-26-53)54-27-11-4-12-28-54/h1-46H. The first-order valence-corrected chi connectivity index (χ1v) is 30.1. The molecule has 4 aliphatic heterocycles. The van der Waals surface area contributed by atoms with E-state index >= 15 is 0 Å². The van der Waals surface area contributed by atoms with Gasteiger partial charge in [-0.1, -0.05) is 206 Å². The molecular formula is C70H46N2O2Si2. The maximum Gasteiger partial charge on any atom is 0.180 e. The molecule has 0 bridgehead atoms. The quantitative estimate of drug-likeness (QED) is 0.155. The molecule has 0 aromatic heterocycles. The van der Waals surface area contributed by atoms with E-state index in [0.717, 1.165) is 67.9 Å². The van der Waals surface area contributed by atoms with E-state index in [-0.39, 0.29) is 0 Å². The molecule has 6 heteroatoms. The molecule has 16 rings (SSSR count). The van der Waals surface area contributed by atoms with Crippen molar-refractivity contribution in [3.05, 3.63) is 279 Å². The molecule has 4 nitrogen and oxygen atoms in total. The molecule has 4 heterocycles. The molecule has 0 radical (unpaired) electrons. The summed E-state index contributed by atoms with van der Waals surface area (Å²) < 4.78 is 13.9. The smallest absolute Gasteiger partial charge is 0.180 e. The van der Waals surface area contributed by atoms with E-state index in [1.54, 1.807) is 0 Å². The zero-order chi connectivity index (χ0) is 50.0. The summed E-state index contributed by atoms with van der Waals surface area (Å²) in [7, 11) is -5.57. The Morgan fingerprint density at radius 3 is 0.974 bits per heavy atom. The van der Waals surface area contributed by atoms with Gasteiger partial charge in [0.25, 0.3) is 0 Å².